The molecule has 0 spiro atoms. The lowest BCUT2D eigenvalue weighted by Gasteiger charge is -2.17. The lowest BCUT2D eigenvalue weighted by Crippen LogP contribution is -2.38. The molecule has 64 valence electrons. The molecule has 3 nitrogen and oxygen atoms in total. The van der Waals surface area contributed by atoms with Crippen molar-refractivity contribution in [3.8, 4) is 0 Å². The monoisotopic (exact) mass is 176 g/mol. The third-order valence-corrected chi connectivity index (χ3v) is 5.19. The summed E-state index contributed by atoms with van der Waals surface area (Å²) < 4.78 is 21.5. The van der Waals surface area contributed by atoms with Gasteiger partial charge in [0, 0.05) is 0 Å². The lowest BCUT2D eigenvalue weighted by atomic mass is 10.0. The first-order chi connectivity index (χ1) is 4.90. The van der Waals surface area contributed by atoms with Gasteiger partial charge in [-0.05, 0) is 26.7 Å². The van der Waals surface area contributed by atoms with E-state index in [1.54, 1.807) is 0 Å². The van der Waals surface area contributed by atoms with Crippen molar-refractivity contribution in [2.45, 2.75) is 31.4 Å². The van der Waals surface area contributed by atoms with Crippen LogP contribution in [0.3, 0.4) is 0 Å². The Bertz CT molecular complexity index is 278. The number of sulfone groups is 1. The summed E-state index contributed by atoms with van der Waals surface area (Å²) in [6.07, 6.45) is 1.11. The van der Waals surface area contributed by atoms with Gasteiger partial charge in [-0.3, -0.25) is 4.79 Å². The highest BCUT2D eigenvalue weighted by atomic mass is 32.2. The van der Waals surface area contributed by atoms with E-state index < -0.39 is 14.6 Å². The number of rotatable bonds is 1. The van der Waals surface area contributed by atoms with E-state index >= 15 is 0 Å². The number of hydrogen-bond donors (Lipinski definition) is 0. The van der Waals surface area contributed by atoms with Gasteiger partial charge in [0.15, 0.2) is 15.6 Å². The van der Waals surface area contributed by atoms with Crippen LogP contribution in [0.1, 0.15) is 26.7 Å². The quantitative estimate of drug-likeness (QED) is 0.586. The number of hydrogen-bond acceptors (Lipinski definition) is 3. The van der Waals surface area contributed by atoms with Crippen molar-refractivity contribution < 1.29 is 13.2 Å². The van der Waals surface area contributed by atoms with E-state index in [-0.39, 0.29) is 11.5 Å². The normalized spacial score (nSPS) is 35.5. The zero-order chi connectivity index (χ0) is 8.70. The minimum Gasteiger partial charge on any atom is -0.298 e. The van der Waals surface area contributed by atoms with Crippen molar-refractivity contribution in [2.24, 2.45) is 0 Å². The second-order valence-corrected chi connectivity index (χ2v) is 5.75. The summed E-state index contributed by atoms with van der Waals surface area (Å²) in [6, 6.07) is 0. The van der Waals surface area contributed by atoms with E-state index in [1.807, 2.05) is 0 Å². The molecule has 1 saturated heterocycles. The maximum absolute atomic E-state index is 11.3. The lowest BCUT2D eigenvalue weighted by molar-refractivity contribution is -0.119. The van der Waals surface area contributed by atoms with Crippen LogP contribution in [-0.2, 0) is 14.6 Å². The Morgan fingerprint density at radius 2 is 2.00 bits per heavy atom. The number of carbonyl (C=O) groups excluding carboxylic acids is 1. The molecule has 11 heavy (non-hydrogen) atoms. The van der Waals surface area contributed by atoms with Crippen LogP contribution in [0, 0.1) is 0 Å². The van der Waals surface area contributed by atoms with Gasteiger partial charge in [0.2, 0.25) is 0 Å². The largest absolute Gasteiger partial charge is 0.298 e. The zero-order valence-corrected chi connectivity index (χ0v) is 7.57. The molecule has 0 bridgehead atoms. The Morgan fingerprint density at radius 1 is 1.45 bits per heavy atom. The van der Waals surface area contributed by atoms with Crippen molar-refractivity contribution >= 4 is 15.6 Å². The molecular weight excluding hydrogens is 164 g/mol. The second kappa shape index (κ2) is 2.30. The molecule has 1 aliphatic heterocycles. The van der Waals surface area contributed by atoms with Crippen LogP contribution >= 0.6 is 0 Å². The van der Waals surface area contributed by atoms with Gasteiger partial charge in [0.1, 0.15) is 4.75 Å². The summed E-state index contributed by atoms with van der Waals surface area (Å²) in [5.41, 5.74) is 0. The van der Waals surface area contributed by atoms with Crippen molar-refractivity contribution in [3.05, 3.63) is 0 Å². The molecular formula is C7H12O3S. The molecule has 1 rings (SSSR count). The molecule has 0 radical (unpaired) electrons. The Morgan fingerprint density at radius 3 is 2.18 bits per heavy atom. The van der Waals surface area contributed by atoms with Gasteiger partial charge in [0.05, 0.1) is 5.75 Å². The fourth-order valence-electron chi connectivity index (χ4n) is 1.38. The predicted octanol–water partition coefficient (Wildman–Crippen LogP) is 0.543. The molecule has 0 amide bonds. The van der Waals surface area contributed by atoms with E-state index in [4.69, 9.17) is 0 Å². The van der Waals surface area contributed by atoms with Gasteiger partial charge < -0.3 is 0 Å². The first-order valence-corrected chi connectivity index (χ1v) is 5.29. The highest BCUT2D eigenvalue weighted by Gasteiger charge is 2.47. The molecule has 1 unspecified atom stereocenters. The molecule has 4 heteroatoms. The average molecular weight is 176 g/mol. The Hall–Kier alpha value is -0.380. The minimum atomic E-state index is -3.14. The fraction of sp³-hybridized carbons (Fsp3) is 0.857. The highest BCUT2D eigenvalue weighted by Crippen LogP contribution is 2.32. The van der Waals surface area contributed by atoms with Gasteiger partial charge >= 0.3 is 0 Å². The van der Waals surface area contributed by atoms with Gasteiger partial charge in [-0.1, -0.05) is 0 Å². The standard InChI is InChI=1S/C7H12O3S/c1-6(8)7(2)4-3-5-11(7,9)10/h3-5H2,1-2H3. The molecule has 1 heterocycles. The van der Waals surface area contributed by atoms with Gasteiger partial charge in [-0.15, -0.1) is 0 Å². The van der Waals surface area contributed by atoms with E-state index in [0.717, 1.165) is 0 Å². The molecule has 1 atom stereocenters. The minimum absolute atomic E-state index is 0.170. The molecule has 1 aliphatic rings. The molecule has 0 aromatic carbocycles. The summed E-state index contributed by atoms with van der Waals surface area (Å²) in [6.45, 7) is 2.88. The smallest absolute Gasteiger partial charge is 0.162 e. The Balaban J connectivity index is 3.14. The number of ketones is 1. The number of Topliss-reactive ketones (excluding diaryl/α,β-unsaturated/α-hetero) is 1. The fourth-order valence-corrected chi connectivity index (χ4v) is 3.24. The summed E-state index contributed by atoms with van der Waals surface area (Å²) in [5, 5.41) is 0. The van der Waals surface area contributed by atoms with Crippen LogP contribution in [0.15, 0.2) is 0 Å². The van der Waals surface area contributed by atoms with E-state index in [9.17, 15) is 13.2 Å². The third kappa shape index (κ3) is 1.09. The molecule has 0 N–H and O–H groups in total. The van der Waals surface area contributed by atoms with Crippen LogP contribution in [0.5, 0.6) is 0 Å². The van der Waals surface area contributed by atoms with Gasteiger partial charge in [-0.2, -0.15) is 0 Å². The van der Waals surface area contributed by atoms with Crippen molar-refractivity contribution in [1.29, 1.82) is 0 Å². The SMILES string of the molecule is CC(=O)C1(C)CCCS1(=O)=O. The molecule has 0 aromatic rings. The second-order valence-electron chi connectivity index (χ2n) is 3.21. The predicted molar refractivity (Wildman–Crippen MR) is 42.1 cm³/mol. The van der Waals surface area contributed by atoms with Gasteiger partial charge in [0.25, 0.3) is 0 Å². The summed E-state index contributed by atoms with van der Waals surface area (Å²) in [7, 11) is -3.14. The van der Waals surface area contributed by atoms with Crippen LogP contribution in [0.2, 0.25) is 0 Å². The van der Waals surface area contributed by atoms with Crippen molar-refractivity contribution in [2.75, 3.05) is 5.75 Å². The van der Waals surface area contributed by atoms with Crippen molar-refractivity contribution in [3.63, 3.8) is 0 Å². The Labute approximate surface area is 66.7 Å². The van der Waals surface area contributed by atoms with E-state index in [0.29, 0.717) is 12.8 Å². The summed E-state index contributed by atoms with van der Waals surface area (Å²) >= 11 is 0. The van der Waals surface area contributed by atoms with Crippen LogP contribution in [-0.4, -0.2) is 24.7 Å². The van der Waals surface area contributed by atoms with Crippen LogP contribution in [0.4, 0.5) is 0 Å². The first-order valence-electron chi connectivity index (χ1n) is 3.63. The topological polar surface area (TPSA) is 51.2 Å². The van der Waals surface area contributed by atoms with Crippen LogP contribution in [0.25, 0.3) is 0 Å². The zero-order valence-electron chi connectivity index (χ0n) is 6.75. The summed E-state index contributed by atoms with van der Waals surface area (Å²) in [5.74, 6) is -0.0571. The van der Waals surface area contributed by atoms with E-state index in [1.165, 1.54) is 13.8 Å². The number of carbonyl (C=O) groups is 1. The molecule has 0 aromatic heterocycles. The van der Waals surface area contributed by atoms with Crippen LogP contribution < -0.4 is 0 Å². The molecule has 0 saturated carbocycles. The third-order valence-electron chi connectivity index (χ3n) is 2.50. The van der Waals surface area contributed by atoms with E-state index in [2.05, 4.69) is 0 Å². The van der Waals surface area contributed by atoms with Gasteiger partial charge in [-0.25, -0.2) is 8.42 Å². The molecule has 0 aliphatic carbocycles. The Kier molecular flexibility index (Phi) is 1.82. The maximum atomic E-state index is 11.3. The summed E-state index contributed by atoms with van der Waals surface area (Å²) in [4.78, 5) is 11.0. The highest BCUT2D eigenvalue weighted by molar-refractivity contribution is 7.93. The first kappa shape index (κ1) is 8.71. The molecule has 1 fully saturated rings. The van der Waals surface area contributed by atoms with Crippen molar-refractivity contribution in [1.82, 2.24) is 0 Å². The average Bonchev–Trinajstić information content (AvgIpc) is 2.09. The maximum Gasteiger partial charge on any atom is 0.162 e.